The zero-order valence-electron chi connectivity index (χ0n) is 12.6. The van der Waals surface area contributed by atoms with Crippen LogP contribution < -0.4 is 5.73 Å². The van der Waals surface area contributed by atoms with Crippen LogP contribution in [0.25, 0.3) is 0 Å². The van der Waals surface area contributed by atoms with Crippen LogP contribution in [0.2, 0.25) is 0 Å². The van der Waals surface area contributed by atoms with E-state index in [4.69, 9.17) is 10.7 Å². The van der Waals surface area contributed by atoms with Gasteiger partial charge in [0.25, 0.3) is 0 Å². The van der Waals surface area contributed by atoms with Crippen molar-refractivity contribution in [1.29, 1.82) is 0 Å². The van der Waals surface area contributed by atoms with Crippen LogP contribution in [0.3, 0.4) is 0 Å². The molecule has 3 heteroatoms. The quantitative estimate of drug-likeness (QED) is 0.836. The van der Waals surface area contributed by atoms with Crippen LogP contribution >= 0.6 is 0 Å². The maximum absolute atomic E-state index is 6.37. The number of nitrogens with zero attached hydrogens (tertiary/aromatic N) is 2. The SMILES string of the molecule is C=CCn1c(C(C)(C)C)nc(C2CCCCC2)c1N. The summed E-state index contributed by atoms with van der Waals surface area (Å²) >= 11 is 0. The van der Waals surface area contributed by atoms with E-state index >= 15 is 0 Å². The van der Waals surface area contributed by atoms with E-state index in [0.717, 1.165) is 23.9 Å². The predicted molar refractivity (Wildman–Crippen MR) is 81.4 cm³/mol. The maximum atomic E-state index is 6.37. The number of nitrogen functional groups attached to an aromatic ring is 1. The van der Waals surface area contributed by atoms with Gasteiger partial charge in [-0.1, -0.05) is 46.1 Å². The number of hydrogen-bond acceptors (Lipinski definition) is 2. The van der Waals surface area contributed by atoms with Crippen molar-refractivity contribution in [3.05, 3.63) is 24.2 Å². The summed E-state index contributed by atoms with van der Waals surface area (Å²) in [7, 11) is 0. The lowest BCUT2D eigenvalue weighted by Gasteiger charge is -2.20. The molecule has 106 valence electrons. The van der Waals surface area contributed by atoms with Gasteiger partial charge in [-0.25, -0.2) is 4.98 Å². The highest BCUT2D eigenvalue weighted by Crippen LogP contribution is 2.37. The Labute approximate surface area is 116 Å². The van der Waals surface area contributed by atoms with E-state index in [1.807, 2.05) is 6.08 Å². The number of imidazole rings is 1. The van der Waals surface area contributed by atoms with Gasteiger partial charge in [-0.15, -0.1) is 6.58 Å². The average Bonchev–Trinajstić information content (AvgIpc) is 2.69. The van der Waals surface area contributed by atoms with Gasteiger partial charge < -0.3 is 10.3 Å². The molecular weight excluding hydrogens is 234 g/mol. The zero-order valence-corrected chi connectivity index (χ0v) is 12.6. The highest BCUT2D eigenvalue weighted by atomic mass is 15.2. The minimum absolute atomic E-state index is 0.0179. The van der Waals surface area contributed by atoms with E-state index in [1.165, 1.54) is 32.1 Å². The van der Waals surface area contributed by atoms with Crippen molar-refractivity contribution < 1.29 is 0 Å². The molecule has 1 heterocycles. The second-order valence-corrected chi connectivity index (χ2v) is 6.69. The summed E-state index contributed by atoms with van der Waals surface area (Å²) in [6.07, 6.45) is 8.35. The van der Waals surface area contributed by atoms with Gasteiger partial charge in [0.1, 0.15) is 11.6 Å². The number of anilines is 1. The first-order chi connectivity index (χ1) is 8.95. The Morgan fingerprint density at radius 3 is 2.47 bits per heavy atom. The van der Waals surface area contributed by atoms with Crippen LogP contribution in [0, 0.1) is 0 Å². The normalized spacial score (nSPS) is 17.6. The fourth-order valence-electron chi connectivity index (χ4n) is 3.05. The summed E-state index contributed by atoms with van der Waals surface area (Å²) < 4.78 is 2.14. The summed E-state index contributed by atoms with van der Waals surface area (Å²) in [5.74, 6) is 2.50. The van der Waals surface area contributed by atoms with E-state index in [2.05, 4.69) is 31.9 Å². The molecule has 2 N–H and O–H groups in total. The first-order valence-corrected chi connectivity index (χ1v) is 7.42. The highest BCUT2D eigenvalue weighted by Gasteiger charge is 2.28. The van der Waals surface area contributed by atoms with Crippen molar-refractivity contribution in [3.8, 4) is 0 Å². The van der Waals surface area contributed by atoms with Crippen molar-refractivity contribution in [2.45, 2.75) is 70.8 Å². The molecule has 0 radical (unpaired) electrons. The molecular formula is C16H27N3. The highest BCUT2D eigenvalue weighted by molar-refractivity contribution is 5.42. The molecule has 19 heavy (non-hydrogen) atoms. The van der Waals surface area contributed by atoms with Gasteiger partial charge in [0, 0.05) is 17.9 Å². The van der Waals surface area contributed by atoms with E-state index in [9.17, 15) is 0 Å². The minimum atomic E-state index is 0.0179. The molecule has 1 fully saturated rings. The maximum Gasteiger partial charge on any atom is 0.127 e. The van der Waals surface area contributed by atoms with Gasteiger partial charge in [0.2, 0.25) is 0 Å². The number of aromatic nitrogens is 2. The molecule has 0 atom stereocenters. The molecule has 0 spiro atoms. The van der Waals surface area contributed by atoms with Gasteiger partial charge in [0.15, 0.2) is 0 Å². The standard InChI is InChI=1S/C16H27N3/c1-5-11-19-14(17)13(12-9-7-6-8-10-12)18-15(19)16(2,3)4/h5,12H,1,6-11,17H2,2-4H3. The summed E-state index contributed by atoms with van der Waals surface area (Å²) in [5.41, 5.74) is 7.52. The van der Waals surface area contributed by atoms with Crippen LogP contribution in [0.4, 0.5) is 5.82 Å². The van der Waals surface area contributed by atoms with Crippen molar-refractivity contribution >= 4 is 5.82 Å². The lowest BCUT2D eigenvalue weighted by Crippen LogP contribution is -2.19. The molecule has 2 rings (SSSR count). The van der Waals surface area contributed by atoms with Crippen molar-refractivity contribution in [2.24, 2.45) is 0 Å². The van der Waals surface area contributed by atoms with E-state index in [0.29, 0.717) is 5.92 Å². The largest absolute Gasteiger partial charge is 0.384 e. The Balaban J connectivity index is 2.41. The Bertz CT molecular complexity index is 445. The van der Waals surface area contributed by atoms with E-state index < -0.39 is 0 Å². The third kappa shape index (κ3) is 2.85. The van der Waals surface area contributed by atoms with Crippen LogP contribution in [0.5, 0.6) is 0 Å². The third-order valence-electron chi connectivity index (χ3n) is 4.01. The molecule has 1 aromatic rings. The predicted octanol–water partition coefficient (Wildman–Crippen LogP) is 4.00. The van der Waals surface area contributed by atoms with Crippen molar-refractivity contribution in [2.75, 3.05) is 5.73 Å². The number of allylic oxidation sites excluding steroid dienone is 1. The van der Waals surface area contributed by atoms with E-state index in [1.54, 1.807) is 0 Å². The van der Waals surface area contributed by atoms with Crippen LogP contribution in [-0.2, 0) is 12.0 Å². The fourth-order valence-corrected chi connectivity index (χ4v) is 3.05. The molecule has 0 aromatic carbocycles. The second kappa shape index (κ2) is 5.40. The molecule has 0 aliphatic heterocycles. The van der Waals surface area contributed by atoms with Gasteiger partial charge >= 0.3 is 0 Å². The first-order valence-electron chi connectivity index (χ1n) is 7.42. The summed E-state index contributed by atoms with van der Waals surface area (Å²) in [4.78, 5) is 4.91. The Kier molecular flexibility index (Phi) is 4.02. The molecule has 0 bridgehead atoms. The smallest absolute Gasteiger partial charge is 0.127 e. The molecule has 1 aromatic heterocycles. The second-order valence-electron chi connectivity index (χ2n) is 6.69. The van der Waals surface area contributed by atoms with Crippen molar-refractivity contribution in [3.63, 3.8) is 0 Å². The molecule has 0 unspecified atom stereocenters. The van der Waals surface area contributed by atoms with Gasteiger partial charge in [-0.05, 0) is 12.8 Å². The summed E-state index contributed by atoms with van der Waals surface area (Å²) in [5, 5.41) is 0. The molecule has 0 amide bonds. The molecule has 1 aliphatic rings. The minimum Gasteiger partial charge on any atom is -0.384 e. The third-order valence-corrected chi connectivity index (χ3v) is 4.01. The van der Waals surface area contributed by atoms with Crippen LogP contribution in [0.1, 0.15) is 70.3 Å². The van der Waals surface area contributed by atoms with Gasteiger partial charge in [0.05, 0.1) is 5.69 Å². The number of rotatable bonds is 3. The molecule has 1 aliphatic carbocycles. The van der Waals surface area contributed by atoms with Crippen LogP contribution in [0.15, 0.2) is 12.7 Å². The lowest BCUT2D eigenvalue weighted by atomic mass is 9.87. The lowest BCUT2D eigenvalue weighted by molar-refractivity contribution is 0.436. The topological polar surface area (TPSA) is 43.8 Å². The number of hydrogen-bond donors (Lipinski definition) is 1. The molecule has 0 saturated heterocycles. The average molecular weight is 261 g/mol. The Morgan fingerprint density at radius 2 is 1.95 bits per heavy atom. The first kappa shape index (κ1) is 14.2. The monoisotopic (exact) mass is 261 g/mol. The van der Waals surface area contributed by atoms with Crippen molar-refractivity contribution in [1.82, 2.24) is 9.55 Å². The summed E-state index contributed by atoms with van der Waals surface area (Å²) in [6, 6.07) is 0. The van der Waals surface area contributed by atoms with Gasteiger partial charge in [-0.3, -0.25) is 0 Å². The van der Waals surface area contributed by atoms with E-state index in [-0.39, 0.29) is 5.41 Å². The molecule has 3 nitrogen and oxygen atoms in total. The fraction of sp³-hybridized carbons (Fsp3) is 0.688. The number of nitrogens with two attached hydrogens (primary N) is 1. The van der Waals surface area contributed by atoms with Crippen LogP contribution in [-0.4, -0.2) is 9.55 Å². The van der Waals surface area contributed by atoms with Gasteiger partial charge in [-0.2, -0.15) is 0 Å². The molecule has 1 saturated carbocycles. The Morgan fingerprint density at radius 1 is 1.32 bits per heavy atom. The Hall–Kier alpha value is -1.25. The summed E-state index contributed by atoms with van der Waals surface area (Å²) in [6.45, 7) is 11.2. The zero-order chi connectivity index (χ0) is 14.0.